The average Bonchev–Trinajstić information content (AvgIpc) is 2.42. The van der Waals surface area contributed by atoms with Gasteiger partial charge in [0.1, 0.15) is 6.07 Å². The zero-order valence-electron chi connectivity index (χ0n) is 12.6. The summed E-state index contributed by atoms with van der Waals surface area (Å²) in [7, 11) is 2.19. The van der Waals surface area contributed by atoms with Gasteiger partial charge in [0.25, 0.3) is 0 Å². The maximum atomic E-state index is 9.35. The first-order valence-electron chi connectivity index (χ1n) is 7.28. The van der Waals surface area contributed by atoms with Crippen molar-refractivity contribution in [2.45, 2.75) is 37.6 Å². The Hall–Kier alpha value is -1.02. The van der Waals surface area contributed by atoms with Gasteiger partial charge in [-0.15, -0.1) is 0 Å². The van der Waals surface area contributed by atoms with Crippen LogP contribution in [0.15, 0.2) is 23.1 Å². The van der Waals surface area contributed by atoms with Crippen LogP contribution in [0.3, 0.4) is 0 Å². The van der Waals surface area contributed by atoms with Crippen molar-refractivity contribution < 1.29 is 0 Å². The molecule has 3 nitrogen and oxygen atoms in total. The van der Waals surface area contributed by atoms with Crippen LogP contribution in [0.5, 0.6) is 0 Å². The molecule has 4 heteroatoms. The number of piperazine rings is 1. The summed E-state index contributed by atoms with van der Waals surface area (Å²) in [5, 5.41) is 9.35. The highest BCUT2D eigenvalue weighted by Gasteiger charge is 2.26. The maximum Gasteiger partial charge on any atom is 0.101 e. The number of rotatable bonds is 4. The van der Waals surface area contributed by atoms with E-state index in [4.69, 9.17) is 0 Å². The molecule has 1 saturated heterocycles. The van der Waals surface area contributed by atoms with Gasteiger partial charge in [-0.2, -0.15) is 5.26 Å². The molecule has 1 aromatic rings. The van der Waals surface area contributed by atoms with E-state index in [1.165, 1.54) is 12.8 Å². The molecule has 0 aliphatic carbocycles. The fourth-order valence-electron chi connectivity index (χ4n) is 2.67. The molecule has 1 aliphatic rings. The largest absolute Gasteiger partial charge is 0.303 e. The molecule has 0 radical (unpaired) electrons. The summed E-state index contributed by atoms with van der Waals surface area (Å²) in [4.78, 5) is 3.50. The second kappa shape index (κ2) is 7.12. The molecule has 20 heavy (non-hydrogen) atoms. The van der Waals surface area contributed by atoms with Gasteiger partial charge in [-0.3, -0.25) is 0 Å². The molecular formula is C16H23N3S. The fraction of sp³-hybridized carbons (Fsp3) is 0.562. The van der Waals surface area contributed by atoms with Crippen molar-refractivity contribution in [1.82, 2.24) is 9.21 Å². The Bertz CT molecular complexity index is 495. The van der Waals surface area contributed by atoms with Crippen molar-refractivity contribution in [3.05, 3.63) is 29.3 Å². The summed E-state index contributed by atoms with van der Waals surface area (Å²) in [6, 6.07) is 9.05. The predicted octanol–water partition coefficient (Wildman–Crippen LogP) is 3.29. The van der Waals surface area contributed by atoms with Gasteiger partial charge in [0.05, 0.1) is 5.56 Å². The lowest BCUT2D eigenvalue weighted by Crippen LogP contribution is -2.48. The van der Waals surface area contributed by atoms with E-state index in [1.807, 2.05) is 19.1 Å². The molecule has 0 bridgehead atoms. The number of likely N-dealkylation sites (N-methyl/N-ethyl adjacent to an activating group) is 1. The Balaban J connectivity index is 2.16. The van der Waals surface area contributed by atoms with Gasteiger partial charge in [-0.25, -0.2) is 4.31 Å². The second-order valence-corrected chi connectivity index (χ2v) is 6.59. The van der Waals surface area contributed by atoms with Gasteiger partial charge in [0.2, 0.25) is 0 Å². The van der Waals surface area contributed by atoms with Crippen molar-refractivity contribution in [1.29, 1.82) is 5.26 Å². The third kappa shape index (κ3) is 3.54. The van der Waals surface area contributed by atoms with Crippen LogP contribution < -0.4 is 0 Å². The summed E-state index contributed by atoms with van der Waals surface area (Å²) in [6.45, 7) is 7.53. The van der Waals surface area contributed by atoms with Crippen LogP contribution in [0.4, 0.5) is 0 Å². The topological polar surface area (TPSA) is 30.3 Å². The molecular weight excluding hydrogens is 266 g/mol. The van der Waals surface area contributed by atoms with Crippen LogP contribution in [-0.4, -0.2) is 41.9 Å². The molecule has 0 aromatic heterocycles. The molecule has 0 saturated carbocycles. The Morgan fingerprint density at radius 1 is 1.40 bits per heavy atom. The van der Waals surface area contributed by atoms with Crippen LogP contribution in [0, 0.1) is 18.3 Å². The Morgan fingerprint density at radius 2 is 2.20 bits per heavy atom. The molecule has 1 aliphatic heterocycles. The average molecular weight is 289 g/mol. The number of aryl methyl sites for hydroxylation is 1. The molecule has 1 atom stereocenters. The quantitative estimate of drug-likeness (QED) is 0.796. The minimum atomic E-state index is 0.579. The number of hydrogen-bond donors (Lipinski definition) is 0. The summed E-state index contributed by atoms with van der Waals surface area (Å²) in [5.41, 5.74) is 1.89. The monoisotopic (exact) mass is 289 g/mol. The Kier molecular flexibility index (Phi) is 5.47. The zero-order valence-corrected chi connectivity index (χ0v) is 13.4. The van der Waals surface area contributed by atoms with E-state index in [0.29, 0.717) is 6.04 Å². The fourth-order valence-corrected chi connectivity index (χ4v) is 3.85. The van der Waals surface area contributed by atoms with Gasteiger partial charge < -0.3 is 4.90 Å². The van der Waals surface area contributed by atoms with Crippen molar-refractivity contribution in [2.75, 3.05) is 26.7 Å². The summed E-state index contributed by atoms with van der Waals surface area (Å²) in [6.07, 6.45) is 2.42. The molecule has 1 fully saturated rings. The van der Waals surface area contributed by atoms with E-state index in [9.17, 15) is 5.26 Å². The lowest BCUT2D eigenvalue weighted by atomic mass is 10.1. The highest BCUT2D eigenvalue weighted by atomic mass is 32.2. The summed E-state index contributed by atoms with van der Waals surface area (Å²) < 4.78 is 2.47. The minimum Gasteiger partial charge on any atom is -0.303 e. The lowest BCUT2D eigenvalue weighted by Gasteiger charge is -2.39. The molecule has 1 aromatic carbocycles. The van der Waals surface area contributed by atoms with Crippen molar-refractivity contribution >= 4 is 11.9 Å². The highest BCUT2D eigenvalue weighted by Crippen LogP contribution is 2.31. The van der Waals surface area contributed by atoms with Gasteiger partial charge in [0.15, 0.2) is 0 Å². The van der Waals surface area contributed by atoms with Crippen molar-refractivity contribution in [3.63, 3.8) is 0 Å². The van der Waals surface area contributed by atoms with Crippen LogP contribution >= 0.6 is 11.9 Å². The van der Waals surface area contributed by atoms with Crippen LogP contribution in [-0.2, 0) is 0 Å². The van der Waals surface area contributed by atoms with Gasteiger partial charge in [0, 0.05) is 30.6 Å². The van der Waals surface area contributed by atoms with E-state index in [2.05, 4.69) is 35.3 Å². The van der Waals surface area contributed by atoms with Crippen molar-refractivity contribution in [2.24, 2.45) is 0 Å². The third-order valence-electron chi connectivity index (χ3n) is 3.82. The molecule has 1 heterocycles. The predicted molar refractivity (Wildman–Crippen MR) is 84.7 cm³/mol. The SMILES string of the molecule is CCCC1CN(C)CCN1Sc1cccc(C)c1C#N. The molecule has 2 rings (SSSR count). The van der Waals surface area contributed by atoms with Gasteiger partial charge in [-0.1, -0.05) is 25.5 Å². The van der Waals surface area contributed by atoms with Gasteiger partial charge in [-0.05, 0) is 44.0 Å². The molecule has 0 spiro atoms. The van der Waals surface area contributed by atoms with E-state index in [1.54, 1.807) is 11.9 Å². The standard InChI is InChI=1S/C16H23N3S/c1-4-6-14-12-18(3)9-10-19(14)20-16-8-5-7-13(2)15(16)11-17/h5,7-8,14H,4,6,9-10,12H2,1-3H3. The van der Waals surface area contributed by atoms with E-state index in [0.717, 1.165) is 35.7 Å². The van der Waals surface area contributed by atoms with Crippen molar-refractivity contribution in [3.8, 4) is 6.07 Å². The number of nitriles is 1. The highest BCUT2D eigenvalue weighted by molar-refractivity contribution is 7.97. The third-order valence-corrected chi connectivity index (χ3v) is 5.07. The molecule has 0 N–H and O–H groups in total. The number of hydrogen-bond acceptors (Lipinski definition) is 4. The van der Waals surface area contributed by atoms with Crippen LogP contribution in [0.25, 0.3) is 0 Å². The summed E-state index contributed by atoms with van der Waals surface area (Å²) >= 11 is 1.76. The Morgan fingerprint density at radius 3 is 2.90 bits per heavy atom. The number of nitrogens with zero attached hydrogens (tertiary/aromatic N) is 3. The van der Waals surface area contributed by atoms with Crippen LogP contribution in [0.2, 0.25) is 0 Å². The second-order valence-electron chi connectivity index (χ2n) is 5.50. The first-order chi connectivity index (χ1) is 9.65. The molecule has 0 amide bonds. The lowest BCUT2D eigenvalue weighted by molar-refractivity contribution is 0.163. The van der Waals surface area contributed by atoms with E-state index >= 15 is 0 Å². The maximum absolute atomic E-state index is 9.35. The number of benzene rings is 1. The van der Waals surface area contributed by atoms with E-state index < -0.39 is 0 Å². The van der Waals surface area contributed by atoms with Gasteiger partial charge >= 0.3 is 0 Å². The smallest absolute Gasteiger partial charge is 0.101 e. The Labute approximate surface area is 126 Å². The summed E-state index contributed by atoms with van der Waals surface area (Å²) in [5.74, 6) is 0. The zero-order chi connectivity index (χ0) is 14.5. The van der Waals surface area contributed by atoms with E-state index in [-0.39, 0.29) is 0 Å². The minimum absolute atomic E-state index is 0.579. The normalized spacial score (nSPS) is 20.8. The van der Waals surface area contributed by atoms with Crippen LogP contribution in [0.1, 0.15) is 30.9 Å². The molecule has 1 unspecified atom stereocenters. The first-order valence-corrected chi connectivity index (χ1v) is 8.06. The first kappa shape index (κ1) is 15.4. The molecule has 108 valence electrons.